The van der Waals surface area contributed by atoms with Crippen molar-refractivity contribution >= 4 is 13.1 Å². The standard InChI is InChI=1S/C10H10BF3N/c12-11(13,14)6-5-8-2-1-7-15-10(8)9-3-4-9/h1-2,5-7,9H,3-4H2/q-1/b6-5+. The monoisotopic (exact) mass is 212 g/mol. The summed E-state index contributed by atoms with van der Waals surface area (Å²) in [5.74, 6) is 0.690. The zero-order chi connectivity index (χ0) is 10.9. The molecule has 0 aliphatic heterocycles. The molecule has 1 aliphatic rings. The Kier molecular flexibility index (Phi) is 2.55. The fourth-order valence-corrected chi connectivity index (χ4v) is 1.48. The van der Waals surface area contributed by atoms with Crippen LogP contribution in [0.5, 0.6) is 0 Å². The molecule has 0 saturated heterocycles. The van der Waals surface area contributed by atoms with Crippen molar-refractivity contribution < 1.29 is 12.9 Å². The van der Waals surface area contributed by atoms with E-state index < -0.39 is 6.98 Å². The van der Waals surface area contributed by atoms with E-state index >= 15 is 0 Å². The molecule has 1 fully saturated rings. The van der Waals surface area contributed by atoms with Crippen LogP contribution in [0.15, 0.2) is 24.3 Å². The van der Waals surface area contributed by atoms with Gasteiger partial charge in [-0.25, -0.2) is 0 Å². The van der Waals surface area contributed by atoms with Gasteiger partial charge in [0.15, 0.2) is 0 Å². The molecular formula is C10H10BF3N-. The molecule has 15 heavy (non-hydrogen) atoms. The van der Waals surface area contributed by atoms with E-state index in [1.807, 2.05) is 0 Å². The van der Waals surface area contributed by atoms with Gasteiger partial charge in [-0.15, -0.1) is 5.98 Å². The molecule has 0 radical (unpaired) electrons. The first-order valence-electron chi connectivity index (χ1n) is 4.90. The second-order valence-electron chi connectivity index (χ2n) is 3.74. The van der Waals surface area contributed by atoms with Gasteiger partial charge in [0.2, 0.25) is 0 Å². The van der Waals surface area contributed by atoms with Gasteiger partial charge in [0.1, 0.15) is 0 Å². The zero-order valence-corrected chi connectivity index (χ0v) is 8.04. The molecule has 1 aliphatic carbocycles. The molecule has 0 amide bonds. The van der Waals surface area contributed by atoms with Crippen LogP contribution in [-0.2, 0) is 0 Å². The third-order valence-electron chi connectivity index (χ3n) is 2.33. The maximum absolute atomic E-state index is 12.0. The van der Waals surface area contributed by atoms with Crippen molar-refractivity contribution in [2.45, 2.75) is 18.8 Å². The van der Waals surface area contributed by atoms with Crippen LogP contribution in [0.2, 0.25) is 0 Å². The van der Waals surface area contributed by atoms with Crippen molar-refractivity contribution in [3.05, 3.63) is 35.6 Å². The summed E-state index contributed by atoms with van der Waals surface area (Å²) in [6.07, 6.45) is 4.83. The topological polar surface area (TPSA) is 12.9 Å². The van der Waals surface area contributed by atoms with Gasteiger partial charge in [-0.1, -0.05) is 12.1 Å². The van der Waals surface area contributed by atoms with Crippen LogP contribution in [0, 0.1) is 0 Å². The summed E-state index contributed by atoms with van der Waals surface area (Å²) >= 11 is 0. The average Bonchev–Trinajstić information content (AvgIpc) is 2.97. The molecule has 0 atom stereocenters. The van der Waals surface area contributed by atoms with E-state index in [1.54, 1.807) is 18.3 Å². The fourth-order valence-electron chi connectivity index (χ4n) is 1.48. The predicted octanol–water partition coefficient (Wildman–Crippen LogP) is 3.36. The number of rotatable bonds is 3. The molecule has 1 aromatic rings. The normalized spacial score (nSPS) is 17.3. The predicted molar refractivity (Wildman–Crippen MR) is 54.3 cm³/mol. The van der Waals surface area contributed by atoms with Crippen molar-refractivity contribution in [3.8, 4) is 0 Å². The lowest BCUT2D eigenvalue weighted by atomic mass is 9.90. The lowest BCUT2D eigenvalue weighted by Crippen LogP contribution is -2.09. The van der Waals surface area contributed by atoms with E-state index in [-0.39, 0.29) is 0 Å². The minimum absolute atomic E-state index is 0.322. The molecule has 1 nitrogen and oxygen atoms in total. The summed E-state index contributed by atoms with van der Waals surface area (Å²) in [4.78, 5) is 4.13. The van der Waals surface area contributed by atoms with Gasteiger partial charge in [0.25, 0.3) is 0 Å². The molecule has 1 saturated carbocycles. The Hall–Kier alpha value is -1.26. The number of nitrogens with zero attached hydrogens (tertiary/aromatic N) is 1. The molecule has 0 bridgehead atoms. The molecular weight excluding hydrogens is 202 g/mol. The second kappa shape index (κ2) is 3.72. The molecule has 0 spiro atoms. The fraction of sp³-hybridized carbons (Fsp3) is 0.300. The average molecular weight is 212 g/mol. The van der Waals surface area contributed by atoms with E-state index in [2.05, 4.69) is 4.98 Å². The minimum atomic E-state index is -4.85. The third-order valence-corrected chi connectivity index (χ3v) is 2.33. The van der Waals surface area contributed by atoms with Crippen molar-refractivity contribution in [2.75, 3.05) is 0 Å². The Morgan fingerprint density at radius 2 is 2.07 bits per heavy atom. The Morgan fingerprint density at radius 1 is 1.33 bits per heavy atom. The maximum atomic E-state index is 12.0. The lowest BCUT2D eigenvalue weighted by molar-refractivity contribution is 0.499. The van der Waals surface area contributed by atoms with Crippen LogP contribution in [0.25, 0.3) is 6.08 Å². The number of pyridine rings is 1. The first kappa shape index (κ1) is 10.3. The van der Waals surface area contributed by atoms with E-state index in [0.29, 0.717) is 17.5 Å². The molecule has 1 heterocycles. The van der Waals surface area contributed by atoms with Crippen LogP contribution < -0.4 is 0 Å². The summed E-state index contributed by atoms with van der Waals surface area (Å²) in [6.45, 7) is -4.85. The summed E-state index contributed by atoms with van der Waals surface area (Å²) in [5, 5.41) is 0. The second-order valence-corrected chi connectivity index (χ2v) is 3.74. The van der Waals surface area contributed by atoms with E-state index in [0.717, 1.165) is 24.6 Å². The van der Waals surface area contributed by atoms with Gasteiger partial charge in [-0.05, 0) is 24.5 Å². The van der Waals surface area contributed by atoms with Crippen LogP contribution in [-0.4, -0.2) is 12.0 Å². The Morgan fingerprint density at radius 3 is 2.67 bits per heavy atom. The van der Waals surface area contributed by atoms with E-state index in [4.69, 9.17) is 0 Å². The van der Waals surface area contributed by atoms with Crippen molar-refractivity contribution in [2.24, 2.45) is 0 Å². The van der Waals surface area contributed by atoms with Crippen LogP contribution in [0.4, 0.5) is 12.9 Å². The molecule has 0 N–H and O–H groups in total. The largest absolute Gasteiger partial charge is 0.502 e. The highest BCUT2D eigenvalue weighted by atomic mass is 19.4. The summed E-state index contributed by atoms with van der Waals surface area (Å²) in [7, 11) is 0. The smallest absolute Gasteiger partial charge is 0.445 e. The van der Waals surface area contributed by atoms with Crippen molar-refractivity contribution in [1.82, 2.24) is 4.98 Å². The number of hydrogen-bond donors (Lipinski definition) is 0. The molecule has 0 aromatic carbocycles. The molecule has 80 valence electrons. The number of aromatic nitrogens is 1. The Bertz CT molecular complexity index is 382. The van der Waals surface area contributed by atoms with Crippen LogP contribution in [0.1, 0.15) is 30.0 Å². The van der Waals surface area contributed by atoms with E-state index in [9.17, 15) is 12.9 Å². The number of hydrogen-bond acceptors (Lipinski definition) is 1. The van der Waals surface area contributed by atoms with Crippen LogP contribution in [0.3, 0.4) is 0 Å². The van der Waals surface area contributed by atoms with E-state index in [1.165, 1.54) is 0 Å². The van der Waals surface area contributed by atoms with Gasteiger partial charge in [-0.3, -0.25) is 4.98 Å². The highest BCUT2D eigenvalue weighted by Gasteiger charge is 2.26. The van der Waals surface area contributed by atoms with Gasteiger partial charge < -0.3 is 12.9 Å². The van der Waals surface area contributed by atoms with Gasteiger partial charge >= 0.3 is 6.98 Å². The Labute approximate surface area is 86.1 Å². The quantitative estimate of drug-likeness (QED) is 0.700. The SMILES string of the molecule is F[B-](F)(F)/C=C/c1cccnc1C1CC1. The zero-order valence-electron chi connectivity index (χ0n) is 8.04. The Balaban J connectivity index is 2.24. The number of halogens is 3. The van der Waals surface area contributed by atoms with Crippen molar-refractivity contribution in [1.29, 1.82) is 0 Å². The first-order chi connectivity index (χ1) is 7.06. The molecule has 5 heteroatoms. The first-order valence-corrected chi connectivity index (χ1v) is 4.90. The van der Waals surface area contributed by atoms with Crippen molar-refractivity contribution in [3.63, 3.8) is 0 Å². The highest BCUT2D eigenvalue weighted by Crippen LogP contribution is 2.40. The summed E-state index contributed by atoms with van der Waals surface area (Å²) in [6, 6.07) is 3.34. The van der Waals surface area contributed by atoms with Gasteiger partial charge in [-0.2, -0.15) is 0 Å². The lowest BCUT2D eigenvalue weighted by Gasteiger charge is -2.08. The summed E-state index contributed by atoms with van der Waals surface area (Å²) in [5.41, 5.74) is 1.40. The molecule has 2 rings (SSSR count). The highest BCUT2D eigenvalue weighted by molar-refractivity contribution is 6.64. The van der Waals surface area contributed by atoms with Gasteiger partial charge in [0, 0.05) is 12.1 Å². The van der Waals surface area contributed by atoms with Gasteiger partial charge in [0.05, 0.1) is 5.69 Å². The minimum Gasteiger partial charge on any atom is -0.445 e. The molecule has 1 aromatic heterocycles. The summed E-state index contributed by atoms with van der Waals surface area (Å²) < 4.78 is 36.1. The molecule has 0 unspecified atom stereocenters. The third kappa shape index (κ3) is 2.84. The maximum Gasteiger partial charge on any atom is 0.502 e. The van der Waals surface area contributed by atoms with Crippen LogP contribution >= 0.6 is 0 Å².